The van der Waals surface area contributed by atoms with Crippen LogP contribution >= 0.6 is 15.9 Å². The van der Waals surface area contributed by atoms with E-state index in [1.165, 1.54) is 12.1 Å². The summed E-state index contributed by atoms with van der Waals surface area (Å²) in [5, 5.41) is 8.91. The molecule has 13 heavy (non-hydrogen) atoms. The number of hydrogen-bond acceptors (Lipinski definition) is 2. The highest BCUT2D eigenvalue weighted by Crippen LogP contribution is 2.22. The lowest BCUT2D eigenvalue weighted by molar-refractivity contribution is 0.120. The molecule has 2 nitrogen and oxygen atoms in total. The lowest BCUT2D eigenvalue weighted by Crippen LogP contribution is -2.13. The third kappa shape index (κ3) is 3.32. The Bertz CT molecular complexity index is 289. The highest BCUT2D eigenvalue weighted by atomic mass is 79.9. The molecule has 0 bridgehead atoms. The van der Waals surface area contributed by atoms with Crippen molar-refractivity contribution in [3.8, 4) is 5.75 Å². The molecule has 0 saturated heterocycles. The molecule has 0 amide bonds. The average Bonchev–Trinajstić information content (AvgIpc) is 2.06. The van der Waals surface area contributed by atoms with Crippen molar-refractivity contribution in [1.82, 2.24) is 0 Å². The molecule has 0 aliphatic rings. The van der Waals surface area contributed by atoms with Crippen molar-refractivity contribution in [2.45, 2.75) is 13.0 Å². The van der Waals surface area contributed by atoms with Gasteiger partial charge in [0.05, 0.1) is 6.10 Å². The summed E-state index contributed by atoms with van der Waals surface area (Å²) in [5.41, 5.74) is 0. The van der Waals surface area contributed by atoms with E-state index in [0.717, 1.165) is 4.47 Å². The Hall–Kier alpha value is -0.610. The molecule has 1 N–H and O–H groups in total. The van der Waals surface area contributed by atoms with E-state index in [0.29, 0.717) is 0 Å². The molecule has 0 saturated carbocycles. The highest BCUT2D eigenvalue weighted by Gasteiger charge is 2.04. The first-order chi connectivity index (χ1) is 6.09. The van der Waals surface area contributed by atoms with E-state index in [2.05, 4.69) is 15.9 Å². The first-order valence-electron chi connectivity index (χ1n) is 3.85. The van der Waals surface area contributed by atoms with Crippen LogP contribution in [0, 0.1) is 5.82 Å². The summed E-state index contributed by atoms with van der Waals surface area (Å²) >= 11 is 3.19. The Morgan fingerprint density at radius 1 is 1.62 bits per heavy atom. The summed E-state index contributed by atoms with van der Waals surface area (Å²) in [7, 11) is 0. The molecule has 1 aromatic carbocycles. The number of halogens is 2. The maximum atomic E-state index is 13.0. The zero-order valence-electron chi connectivity index (χ0n) is 7.13. The summed E-state index contributed by atoms with van der Waals surface area (Å²) in [6.07, 6.45) is -0.599. The molecular formula is C9H10BrFO2. The fourth-order valence-corrected chi connectivity index (χ4v) is 1.14. The molecule has 0 radical (unpaired) electrons. The number of benzene rings is 1. The van der Waals surface area contributed by atoms with Crippen LogP contribution in [0.1, 0.15) is 6.92 Å². The first-order valence-corrected chi connectivity index (χ1v) is 4.65. The van der Waals surface area contributed by atoms with Crippen molar-refractivity contribution in [2.24, 2.45) is 0 Å². The summed E-state index contributed by atoms with van der Waals surface area (Å²) in [5.74, 6) is -0.279. The van der Waals surface area contributed by atoms with Gasteiger partial charge in [0.2, 0.25) is 0 Å². The third-order valence-electron chi connectivity index (χ3n) is 1.37. The van der Waals surface area contributed by atoms with E-state index in [9.17, 15) is 4.39 Å². The number of rotatable bonds is 3. The SMILES string of the molecule is CC(O)COc1cc(Br)ccc1F. The average molecular weight is 249 g/mol. The van der Waals surface area contributed by atoms with Crippen LogP contribution in [0.2, 0.25) is 0 Å². The van der Waals surface area contributed by atoms with Gasteiger partial charge in [-0.2, -0.15) is 0 Å². The van der Waals surface area contributed by atoms with Gasteiger partial charge >= 0.3 is 0 Å². The molecular weight excluding hydrogens is 239 g/mol. The van der Waals surface area contributed by atoms with Crippen LogP contribution in [-0.4, -0.2) is 17.8 Å². The van der Waals surface area contributed by atoms with Crippen molar-refractivity contribution in [1.29, 1.82) is 0 Å². The summed E-state index contributed by atoms with van der Waals surface area (Å²) in [4.78, 5) is 0. The molecule has 0 fully saturated rings. The van der Waals surface area contributed by atoms with Crippen LogP contribution in [0.5, 0.6) is 5.75 Å². The van der Waals surface area contributed by atoms with Crippen molar-refractivity contribution in [3.05, 3.63) is 28.5 Å². The fraction of sp³-hybridized carbons (Fsp3) is 0.333. The number of ether oxygens (including phenoxy) is 1. The molecule has 1 atom stereocenters. The molecule has 0 aliphatic carbocycles. The van der Waals surface area contributed by atoms with E-state index in [-0.39, 0.29) is 12.4 Å². The Morgan fingerprint density at radius 3 is 2.92 bits per heavy atom. The molecule has 1 unspecified atom stereocenters. The minimum atomic E-state index is -0.599. The van der Waals surface area contributed by atoms with Crippen molar-refractivity contribution in [2.75, 3.05) is 6.61 Å². The smallest absolute Gasteiger partial charge is 0.165 e. The molecule has 0 spiro atoms. The minimum absolute atomic E-state index is 0.0906. The normalized spacial score (nSPS) is 12.6. The lowest BCUT2D eigenvalue weighted by atomic mass is 10.3. The van der Waals surface area contributed by atoms with Crippen LogP contribution in [0.3, 0.4) is 0 Å². The Kier molecular flexibility index (Phi) is 3.69. The standard InChI is InChI=1S/C9H10BrFO2/c1-6(12)5-13-9-4-7(10)2-3-8(9)11/h2-4,6,12H,5H2,1H3. The highest BCUT2D eigenvalue weighted by molar-refractivity contribution is 9.10. The number of aliphatic hydroxyl groups excluding tert-OH is 1. The van der Waals surface area contributed by atoms with E-state index in [1.54, 1.807) is 13.0 Å². The van der Waals surface area contributed by atoms with Gasteiger partial charge in [0, 0.05) is 4.47 Å². The van der Waals surface area contributed by atoms with E-state index in [4.69, 9.17) is 9.84 Å². The van der Waals surface area contributed by atoms with Gasteiger partial charge in [-0.3, -0.25) is 0 Å². The van der Waals surface area contributed by atoms with Gasteiger partial charge in [0.15, 0.2) is 11.6 Å². The summed E-state index contributed by atoms with van der Waals surface area (Å²) < 4.78 is 18.8. The zero-order chi connectivity index (χ0) is 9.84. The maximum Gasteiger partial charge on any atom is 0.165 e. The second-order valence-electron chi connectivity index (χ2n) is 2.73. The first kappa shape index (κ1) is 10.5. The van der Waals surface area contributed by atoms with Crippen molar-refractivity contribution >= 4 is 15.9 Å². The third-order valence-corrected chi connectivity index (χ3v) is 1.87. The van der Waals surface area contributed by atoms with E-state index in [1.807, 2.05) is 0 Å². The Balaban J connectivity index is 2.70. The quantitative estimate of drug-likeness (QED) is 0.890. The van der Waals surface area contributed by atoms with Gasteiger partial charge in [-0.05, 0) is 25.1 Å². The van der Waals surface area contributed by atoms with Crippen LogP contribution in [0.15, 0.2) is 22.7 Å². The zero-order valence-corrected chi connectivity index (χ0v) is 8.71. The number of hydrogen-bond donors (Lipinski definition) is 1. The minimum Gasteiger partial charge on any atom is -0.488 e. The maximum absolute atomic E-state index is 13.0. The van der Waals surface area contributed by atoms with E-state index >= 15 is 0 Å². The summed E-state index contributed by atoms with van der Waals surface area (Å²) in [6, 6.07) is 4.42. The van der Waals surface area contributed by atoms with Crippen molar-refractivity contribution in [3.63, 3.8) is 0 Å². The predicted octanol–water partition coefficient (Wildman–Crippen LogP) is 2.35. The van der Waals surface area contributed by atoms with Gasteiger partial charge in [-0.15, -0.1) is 0 Å². The van der Waals surface area contributed by atoms with Gasteiger partial charge < -0.3 is 9.84 Å². The van der Waals surface area contributed by atoms with E-state index < -0.39 is 11.9 Å². The fourth-order valence-electron chi connectivity index (χ4n) is 0.798. The monoisotopic (exact) mass is 248 g/mol. The molecule has 72 valence electrons. The second-order valence-corrected chi connectivity index (χ2v) is 3.65. The topological polar surface area (TPSA) is 29.5 Å². The van der Waals surface area contributed by atoms with Crippen LogP contribution in [-0.2, 0) is 0 Å². The number of aliphatic hydroxyl groups is 1. The van der Waals surface area contributed by atoms with Crippen LogP contribution in [0.4, 0.5) is 4.39 Å². The van der Waals surface area contributed by atoms with Crippen LogP contribution < -0.4 is 4.74 Å². The van der Waals surface area contributed by atoms with Gasteiger partial charge in [0.25, 0.3) is 0 Å². The Labute approximate surface area is 84.5 Å². The second kappa shape index (κ2) is 4.58. The molecule has 0 heterocycles. The van der Waals surface area contributed by atoms with Gasteiger partial charge in [0.1, 0.15) is 6.61 Å². The van der Waals surface area contributed by atoms with Crippen LogP contribution in [0.25, 0.3) is 0 Å². The summed E-state index contributed by atoms with van der Waals surface area (Å²) in [6.45, 7) is 1.67. The molecule has 1 aromatic rings. The largest absolute Gasteiger partial charge is 0.488 e. The molecule has 4 heteroatoms. The Morgan fingerprint density at radius 2 is 2.31 bits per heavy atom. The molecule has 0 aliphatic heterocycles. The van der Waals surface area contributed by atoms with Gasteiger partial charge in [-0.1, -0.05) is 15.9 Å². The molecule has 1 rings (SSSR count). The molecule has 0 aromatic heterocycles. The predicted molar refractivity (Wildman–Crippen MR) is 51.3 cm³/mol. The van der Waals surface area contributed by atoms with Crippen molar-refractivity contribution < 1.29 is 14.2 Å². The van der Waals surface area contributed by atoms with Gasteiger partial charge in [-0.25, -0.2) is 4.39 Å². The lowest BCUT2D eigenvalue weighted by Gasteiger charge is -2.08.